The summed E-state index contributed by atoms with van der Waals surface area (Å²) in [6.45, 7) is 4.70. The molecule has 0 aliphatic carbocycles. The van der Waals surface area contributed by atoms with E-state index < -0.39 is 0 Å². The molecule has 0 unspecified atom stereocenters. The predicted octanol–water partition coefficient (Wildman–Crippen LogP) is 7.34. The fourth-order valence-corrected chi connectivity index (χ4v) is 3.94. The first kappa shape index (κ1) is 21.0. The van der Waals surface area contributed by atoms with Crippen LogP contribution in [0.15, 0.2) is 42.5 Å². The van der Waals surface area contributed by atoms with Gasteiger partial charge in [0.05, 0.1) is 20.6 Å². The molecule has 0 saturated carbocycles. The lowest BCUT2D eigenvalue weighted by molar-refractivity contribution is -0.903. The summed E-state index contributed by atoms with van der Waals surface area (Å²) in [6.07, 6.45) is 14.2. The van der Waals surface area contributed by atoms with Crippen molar-refractivity contribution in [2.75, 3.05) is 20.6 Å². The second kappa shape index (κ2) is 11.4. The Morgan fingerprint density at radius 3 is 1.88 bits per heavy atom. The first-order valence-corrected chi connectivity index (χ1v) is 10.9. The highest BCUT2D eigenvalue weighted by molar-refractivity contribution is 5.82. The maximum absolute atomic E-state index is 2.38. The van der Waals surface area contributed by atoms with Crippen LogP contribution in [0.3, 0.4) is 0 Å². The third-order valence-corrected chi connectivity index (χ3v) is 5.54. The smallest absolute Gasteiger partial charge is 0.104 e. The third-order valence-electron chi connectivity index (χ3n) is 5.54. The van der Waals surface area contributed by atoms with E-state index in [0.717, 1.165) is 11.0 Å². The zero-order valence-electron chi connectivity index (χ0n) is 17.5. The molecule has 0 aromatic heterocycles. The molecule has 0 saturated heterocycles. The molecule has 2 aromatic carbocycles. The lowest BCUT2D eigenvalue weighted by Gasteiger charge is -2.30. The van der Waals surface area contributed by atoms with E-state index in [-0.39, 0.29) is 0 Å². The van der Waals surface area contributed by atoms with Crippen molar-refractivity contribution in [2.24, 2.45) is 0 Å². The van der Waals surface area contributed by atoms with Crippen LogP contribution in [0.2, 0.25) is 0 Å². The van der Waals surface area contributed by atoms with Crippen LogP contribution in [0.1, 0.15) is 76.7 Å². The van der Waals surface area contributed by atoms with E-state index >= 15 is 0 Å². The first-order chi connectivity index (χ1) is 12.6. The van der Waals surface area contributed by atoms with Gasteiger partial charge in [-0.15, -0.1) is 0 Å². The number of nitrogens with zero attached hydrogens (tertiary/aromatic N) is 1. The van der Waals surface area contributed by atoms with Gasteiger partial charge in [-0.2, -0.15) is 0 Å². The van der Waals surface area contributed by atoms with Crippen LogP contribution >= 0.6 is 0 Å². The van der Waals surface area contributed by atoms with Gasteiger partial charge in [-0.25, -0.2) is 0 Å². The molecule has 144 valence electrons. The average Bonchev–Trinajstić information content (AvgIpc) is 2.63. The second-order valence-electron chi connectivity index (χ2n) is 8.68. The van der Waals surface area contributed by atoms with Gasteiger partial charge in [0, 0.05) is 5.56 Å². The van der Waals surface area contributed by atoms with Crippen molar-refractivity contribution in [1.82, 2.24) is 0 Å². The molecule has 1 heteroatoms. The highest BCUT2D eigenvalue weighted by Gasteiger charge is 2.15. The van der Waals surface area contributed by atoms with Crippen LogP contribution < -0.4 is 0 Å². The van der Waals surface area contributed by atoms with E-state index in [9.17, 15) is 0 Å². The molecule has 0 spiro atoms. The molecule has 0 bridgehead atoms. The van der Waals surface area contributed by atoms with E-state index in [1.54, 1.807) is 0 Å². The Hall–Kier alpha value is -1.34. The Bertz CT molecular complexity index is 629. The Labute approximate surface area is 162 Å². The van der Waals surface area contributed by atoms with Crippen molar-refractivity contribution >= 4 is 10.8 Å². The molecule has 1 nitrogen and oxygen atoms in total. The van der Waals surface area contributed by atoms with E-state index in [1.165, 1.54) is 87.1 Å². The molecule has 0 atom stereocenters. The van der Waals surface area contributed by atoms with E-state index in [2.05, 4.69) is 63.5 Å². The van der Waals surface area contributed by atoms with Crippen LogP contribution in [-0.4, -0.2) is 25.1 Å². The third kappa shape index (κ3) is 7.91. The minimum atomic E-state index is 1.09. The molecular weight excluding hydrogens is 314 g/mol. The summed E-state index contributed by atoms with van der Waals surface area (Å²) < 4.78 is 1.09. The van der Waals surface area contributed by atoms with Crippen LogP contribution in [0.25, 0.3) is 10.8 Å². The number of hydrogen-bond acceptors (Lipinski definition) is 0. The number of fused-ring (bicyclic) bond motifs is 1. The van der Waals surface area contributed by atoms with Crippen molar-refractivity contribution in [1.29, 1.82) is 0 Å². The summed E-state index contributed by atoms with van der Waals surface area (Å²) in [7, 11) is 4.76. The van der Waals surface area contributed by atoms with E-state index in [4.69, 9.17) is 0 Å². The molecule has 0 aliphatic heterocycles. The minimum Gasteiger partial charge on any atom is -0.325 e. The Kier molecular flexibility index (Phi) is 9.18. The molecule has 0 radical (unpaired) electrons. The predicted molar refractivity (Wildman–Crippen MR) is 116 cm³/mol. The van der Waals surface area contributed by atoms with E-state index in [1.807, 2.05) is 0 Å². The second-order valence-corrected chi connectivity index (χ2v) is 8.68. The van der Waals surface area contributed by atoms with Crippen LogP contribution in [0, 0.1) is 0 Å². The van der Waals surface area contributed by atoms with Gasteiger partial charge in [0.15, 0.2) is 0 Å². The maximum atomic E-state index is 2.38. The largest absolute Gasteiger partial charge is 0.325 e. The van der Waals surface area contributed by atoms with Crippen molar-refractivity contribution in [3.63, 3.8) is 0 Å². The van der Waals surface area contributed by atoms with Gasteiger partial charge in [0.2, 0.25) is 0 Å². The number of rotatable bonds is 13. The van der Waals surface area contributed by atoms with Crippen molar-refractivity contribution in [2.45, 2.75) is 77.7 Å². The lowest BCUT2D eigenvalue weighted by Crippen LogP contribution is -2.39. The molecule has 0 amide bonds. The summed E-state index contributed by atoms with van der Waals surface area (Å²) in [4.78, 5) is 0. The molecule has 0 heterocycles. The number of unbranched alkanes of at least 4 members (excludes halogenated alkanes) is 9. The summed E-state index contributed by atoms with van der Waals surface area (Å²) in [6, 6.07) is 15.6. The van der Waals surface area contributed by atoms with E-state index in [0.29, 0.717) is 0 Å². The van der Waals surface area contributed by atoms with Crippen LogP contribution in [0.4, 0.5) is 0 Å². The van der Waals surface area contributed by atoms with Crippen LogP contribution in [0.5, 0.6) is 0 Å². The van der Waals surface area contributed by atoms with Gasteiger partial charge in [-0.05, 0) is 29.7 Å². The zero-order chi connectivity index (χ0) is 18.7. The standard InChI is InChI=1S/C25H40N/c1-4-5-6-7-8-9-10-11-12-15-20-26(2,3)22-23-18-19-24-16-13-14-17-25(24)21-23/h13-14,16-19,21H,4-12,15,20,22H2,1-3H3/q+1. The summed E-state index contributed by atoms with van der Waals surface area (Å²) in [5.74, 6) is 0. The first-order valence-electron chi connectivity index (χ1n) is 10.9. The highest BCUT2D eigenvalue weighted by Crippen LogP contribution is 2.19. The molecule has 2 rings (SSSR count). The van der Waals surface area contributed by atoms with Crippen LogP contribution in [-0.2, 0) is 6.54 Å². The normalized spacial score (nSPS) is 12.0. The minimum absolute atomic E-state index is 1.09. The highest BCUT2D eigenvalue weighted by atomic mass is 15.3. The van der Waals surface area contributed by atoms with Gasteiger partial charge in [-0.3, -0.25) is 0 Å². The fraction of sp³-hybridized carbons (Fsp3) is 0.600. The fourth-order valence-electron chi connectivity index (χ4n) is 3.94. The Morgan fingerprint density at radius 1 is 0.654 bits per heavy atom. The SMILES string of the molecule is CCCCCCCCCCCC[N+](C)(C)Cc1ccc2ccccc2c1. The van der Waals surface area contributed by atoms with Crippen molar-refractivity contribution in [3.8, 4) is 0 Å². The molecule has 0 aliphatic rings. The zero-order valence-corrected chi connectivity index (χ0v) is 17.5. The van der Waals surface area contributed by atoms with Gasteiger partial charge in [0.25, 0.3) is 0 Å². The van der Waals surface area contributed by atoms with Gasteiger partial charge in [0.1, 0.15) is 6.54 Å². The average molecular weight is 355 g/mol. The molecule has 2 aromatic rings. The molecule has 0 N–H and O–H groups in total. The molecule has 26 heavy (non-hydrogen) atoms. The summed E-state index contributed by atoms with van der Waals surface area (Å²) in [5, 5.41) is 2.71. The monoisotopic (exact) mass is 354 g/mol. The summed E-state index contributed by atoms with van der Waals surface area (Å²) in [5.41, 5.74) is 1.46. The van der Waals surface area contributed by atoms with Gasteiger partial charge >= 0.3 is 0 Å². The quantitative estimate of drug-likeness (QED) is 0.261. The Morgan fingerprint density at radius 2 is 1.23 bits per heavy atom. The molecular formula is C25H40N+. The van der Waals surface area contributed by atoms with Gasteiger partial charge in [-0.1, -0.05) is 94.7 Å². The number of benzene rings is 2. The number of hydrogen-bond donors (Lipinski definition) is 0. The van der Waals surface area contributed by atoms with Crippen molar-refractivity contribution in [3.05, 3.63) is 48.0 Å². The number of quaternary nitrogens is 1. The van der Waals surface area contributed by atoms with Crippen molar-refractivity contribution < 1.29 is 4.48 Å². The maximum Gasteiger partial charge on any atom is 0.104 e. The van der Waals surface area contributed by atoms with Gasteiger partial charge < -0.3 is 4.48 Å². The summed E-state index contributed by atoms with van der Waals surface area (Å²) >= 11 is 0. The lowest BCUT2D eigenvalue weighted by atomic mass is 10.1. The topological polar surface area (TPSA) is 0 Å². The Balaban J connectivity index is 1.62. The molecule has 0 fully saturated rings.